The number of aromatic hydroxyl groups is 2. The van der Waals surface area contributed by atoms with Crippen molar-refractivity contribution in [3.63, 3.8) is 0 Å². The van der Waals surface area contributed by atoms with Crippen molar-refractivity contribution in [3.8, 4) is 22.6 Å². The van der Waals surface area contributed by atoms with Gasteiger partial charge >= 0.3 is 5.97 Å². The van der Waals surface area contributed by atoms with Crippen molar-refractivity contribution < 1.29 is 29.7 Å². The number of rotatable bonds is 6. The summed E-state index contributed by atoms with van der Waals surface area (Å²) in [5, 5.41) is 41.8. The number of hydrogen-bond acceptors (Lipinski definition) is 7. The van der Waals surface area contributed by atoms with Crippen LogP contribution in [-0.4, -0.2) is 71.9 Å². The van der Waals surface area contributed by atoms with E-state index in [0.717, 1.165) is 5.56 Å². The average Bonchev–Trinajstić information content (AvgIpc) is 2.83. The molecule has 1 aliphatic rings. The standard InChI is InChI=1S/C25H32N4O6/c1-26-9-3-4-18-23(32)29-20(25(34)35)13-17-11-15(6-8-22(17)31)14-5-7-21(30)16(10-14)12-19(27-2)24(33)28-18/h5-8,10-11,18-20,26-27,30-31H,3-4,9,12-13H2,1-2H3,(H,28,33)(H,29,32)(H,34,35)/t18-,19-,20-/m0/s1. The van der Waals surface area contributed by atoms with Gasteiger partial charge in [0.15, 0.2) is 0 Å². The van der Waals surface area contributed by atoms with Crippen molar-refractivity contribution in [2.45, 2.75) is 43.8 Å². The number of carbonyl (C=O) groups excluding carboxylic acids is 2. The monoisotopic (exact) mass is 484 g/mol. The third kappa shape index (κ3) is 6.49. The van der Waals surface area contributed by atoms with Crippen LogP contribution in [0, 0.1) is 0 Å². The number of likely N-dealkylation sites (N-methyl/N-ethyl adjacent to an activating group) is 1. The molecular weight excluding hydrogens is 452 g/mol. The zero-order valence-electron chi connectivity index (χ0n) is 19.8. The van der Waals surface area contributed by atoms with Gasteiger partial charge in [0.05, 0.1) is 6.04 Å². The zero-order chi connectivity index (χ0) is 25.5. The summed E-state index contributed by atoms with van der Waals surface area (Å²) in [4.78, 5) is 38.2. The van der Waals surface area contributed by atoms with Crippen LogP contribution in [0.5, 0.6) is 11.5 Å². The zero-order valence-corrected chi connectivity index (χ0v) is 19.8. The molecule has 10 heteroatoms. The molecule has 1 heterocycles. The summed E-state index contributed by atoms with van der Waals surface area (Å²) in [5.41, 5.74) is 2.30. The van der Waals surface area contributed by atoms with E-state index in [0.29, 0.717) is 36.1 Å². The van der Waals surface area contributed by atoms with E-state index in [-0.39, 0.29) is 24.3 Å². The van der Waals surface area contributed by atoms with E-state index >= 15 is 0 Å². The van der Waals surface area contributed by atoms with E-state index < -0.39 is 35.9 Å². The van der Waals surface area contributed by atoms with Gasteiger partial charge in [-0.3, -0.25) is 9.59 Å². The molecule has 0 unspecified atom stereocenters. The Kier molecular flexibility index (Phi) is 8.67. The van der Waals surface area contributed by atoms with Gasteiger partial charge in [-0.1, -0.05) is 12.1 Å². The second-order valence-corrected chi connectivity index (χ2v) is 8.64. The molecule has 2 aromatic carbocycles. The smallest absolute Gasteiger partial charge is 0.326 e. The molecule has 0 saturated heterocycles. The van der Waals surface area contributed by atoms with Crippen molar-refractivity contribution in [1.29, 1.82) is 0 Å². The first-order chi connectivity index (χ1) is 16.7. The summed E-state index contributed by atoms with van der Waals surface area (Å²) in [6.45, 7) is 0.610. The fourth-order valence-electron chi connectivity index (χ4n) is 4.12. The normalized spacial score (nSPS) is 20.8. The number of phenols is 2. The third-order valence-corrected chi connectivity index (χ3v) is 6.17. The Bertz CT molecular complexity index is 1090. The molecule has 0 spiro atoms. The summed E-state index contributed by atoms with van der Waals surface area (Å²) in [7, 11) is 3.38. The Morgan fingerprint density at radius 2 is 1.54 bits per heavy atom. The second kappa shape index (κ2) is 11.7. The fraction of sp³-hybridized carbons (Fsp3) is 0.400. The van der Waals surface area contributed by atoms with Gasteiger partial charge in [0.2, 0.25) is 11.8 Å². The molecule has 188 valence electrons. The largest absolute Gasteiger partial charge is 0.508 e. The molecule has 0 saturated carbocycles. The molecule has 4 bridgehead atoms. The summed E-state index contributed by atoms with van der Waals surface area (Å²) in [6, 6.07) is 6.79. The number of nitrogens with one attached hydrogen (secondary N) is 4. The minimum atomic E-state index is -1.31. The highest BCUT2D eigenvalue weighted by Gasteiger charge is 2.29. The second-order valence-electron chi connectivity index (χ2n) is 8.64. The number of carboxylic acids is 1. The molecule has 3 rings (SSSR count). The Labute approximate surface area is 203 Å². The number of phenolic OH excluding ortho intramolecular Hbond substituents is 2. The van der Waals surface area contributed by atoms with Crippen LogP contribution < -0.4 is 21.3 Å². The maximum Gasteiger partial charge on any atom is 0.326 e. The maximum atomic E-state index is 13.1. The van der Waals surface area contributed by atoms with Gasteiger partial charge in [-0.2, -0.15) is 0 Å². The quantitative estimate of drug-likeness (QED) is 0.292. The van der Waals surface area contributed by atoms with Crippen LogP contribution in [0.4, 0.5) is 0 Å². The highest BCUT2D eigenvalue weighted by Crippen LogP contribution is 2.31. The molecule has 2 aromatic rings. The van der Waals surface area contributed by atoms with Gasteiger partial charge in [0.1, 0.15) is 23.6 Å². The lowest BCUT2D eigenvalue weighted by Gasteiger charge is -2.24. The van der Waals surface area contributed by atoms with Crippen LogP contribution in [0.3, 0.4) is 0 Å². The number of carboxylic acid groups (broad SMARTS) is 1. The van der Waals surface area contributed by atoms with Gasteiger partial charge in [-0.05, 0) is 80.0 Å². The van der Waals surface area contributed by atoms with Gasteiger partial charge in [0, 0.05) is 12.8 Å². The third-order valence-electron chi connectivity index (χ3n) is 6.17. The molecule has 3 atom stereocenters. The minimum absolute atomic E-state index is 0.0272. The molecule has 0 fully saturated rings. The lowest BCUT2D eigenvalue weighted by Crippen LogP contribution is -2.55. The van der Waals surface area contributed by atoms with E-state index in [1.54, 1.807) is 38.4 Å². The van der Waals surface area contributed by atoms with Crippen LogP contribution >= 0.6 is 0 Å². The molecule has 0 aliphatic carbocycles. The number of hydrogen-bond donors (Lipinski definition) is 7. The summed E-state index contributed by atoms with van der Waals surface area (Å²) >= 11 is 0. The number of carbonyl (C=O) groups is 3. The Balaban J connectivity index is 2.08. The first-order valence-electron chi connectivity index (χ1n) is 11.5. The molecular formula is C25H32N4O6. The van der Waals surface area contributed by atoms with Crippen LogP contribution in [0.15, 0.2) is 36.4 Å². The lowest BCUT2D eigenvalue weighted by atomic mass is 9.95. The topological polar surface area (TPSA) is 160 Å². The highest BCUT2D eigenvalue weighted by molar-refractivity contribution is 5.92. The molecule has 0 aromatic heterocycles. The maximum absolute atomic E-state index is 13.1. The number of aliphatic carboxylic acids is 1. The van der Waals surface area contributed by atoms with Crippen LogP contribution in [0.2, 0.25) is 0 Å². The van der Waals surface area contributed by atoms with Crippen molar-refractivity contribution in [2.24, 2.45) is 0 Å². The molecule has 0 radical (unpaired) electrons. The average molecular weight is 485 g/mol. The lowest BCUT2D eigenvalue weighted by molar-refractivity contribution is -0.142. The van der Waals surface area contributed by atoms with Crippen LogP contribution in [0.1, 0.15) is 24.0 Å². The van der Waals surface area contributed by atoms with Crippen LogP contribution in [0.25, 0.3) is 11.1 Å². The van der Waals surface area contributed by atoms with Gasteiger partial charge < -0.3 is 36.6 Å². The summed E-state index contributed by atoms with van der Waals surface area (Å²) < 4.78 is 0. The van der Waals surface area contributed by atoms with E-state index in [2.05, 4.69) is 21.3 Å². The number of amides is 2. The first kappa shape index (κ1) is 26.0. The number of fused-ring (bicyclic) bond motifs is 5. The molecule has 35 heavy (non-hydrogen) atoms. The Morgan fingerprint density at radius 1 is 0.943 bits per heavy atom. The SMILES string of the molecule is CNCCC[C@@H]1NC(=O)[C@@H](NC)Cc2cc(ccc2O)-c2ccc(O)c(c2)C[C@@H](C(=O)O)NC1=O. The van der Waals surface area contributed by atoms with Crippen LogP contribution in [-0.2, 0) is 27.2 Å². The van der Waals surface area contributed by atoms with Gasteiger partial charge in [-0.15, -0.1) is 0 Å². The molecule has 7 N–H and O–H groups in total. The predicted molar refractivity (Wildman–Crippen MR) is 130 cm³/mol. The van der Waals surface area contributed by atoms with E-state index in [9.17, 15) is 29.7 Å². The first-order valence-corrected chi connectivity index (χ1v) is 11.5. The van der Waals surface area contributed by atoms with Crippen molar-refractivity contribution in [3.05, 3.63) is 47.5 Å². The van der Waals surface area contributed by atoms with Crippen molar-refractivity contribution >= 4 is 17.8 Å². The number of benzene rings is 2. The Morgan fingerprint density at radius 3 is 2.09 bits per heavy atom. The fourth-order valence-corrected chi connectivity index (χ4v) is 4.12. The molecule has 10 nitrogen and oxygen atoms in total. The highest BCUT2D eigenvalue weighted by atomic mass is 16.4. The minimum Gasteiger partial charge on any atom is -0.508 e. The molecule has 1 aliphatic heterocycles. The predicted octanol–water partition coefficient (Wildman–Crippen LogP) is 0.505. The van der Waals surface area contributed by atoms with Crippen molar-refractivity contribution in [1.82, 2.24) is 21.3 Å². The van der Waals surface area contributed by atoms with E-state index in [4.69, 9.17) is 0 Å². The summed E-state index contributed by atoms with van der Waals surface area (Å²) in [5.74, 6) is -2.38. The van der Waals surface area contributed by atoms with E-state index in [1.165, 1.54) is 12.1 Å². The van der Waals surface area contributed by atoms with Gasteiger partial charge in [0.25, 0.3) is 0 Å². The van der Waals surface area contributed by atoms with Gasteiger partial charge in [-0.25, -0.2) is 4.79 Å². The molecule has 2 amide bonds. The van der Waals surface area contributed by atoms with Crippen molar-refractivity contribution in [2.75, 3.05) is 20.6 Å². The van der Waals surface area contributed by atoms with E-state index in [1.807, 2.05) is 0 Å². The Hall–Kier alpha value is -3.63. The summed E-state index contributed by atoms with van der Waals surface area (Å²) in [6.07, 6.45) is 0.878.